The fourth-order valence-corrected chi connectivity index (χ4v) is 1.31. The van der Waals surface area contributed by atoms with Crippen molar-refractivity contribution in [3.63, 3.8) is 0 Å². The Morgan fingerprint density at radius 1 is 1.44 bits per heavy atom. The second-order valence-electron chi connectivity index (χ2n) is 3.42. The summed E-state index contributed by atoms with van der Waals surface area (Å²) in [6, 6.07) is -0.703. The van der Waals surface area contributed by atoms with Gasteiger partial charge in [-0.3, -0.25) is 4.79 Å². The molecule has 0 saturated carbocycles. The minimum Gasteiger partial charge on any atom is -0.467 e. The largest absolute Gasteiger partial charge is 0.467 e. The Bertz CT molecular complexity index is 391. The number of aromatic nitrogens is 1. The molecule has 6 heteroatoms. The third kappa shape index (κ3) is 2.39. The van der Waals surface area contributed by atoms with Crippen LogP contribution in [0.4, 0.5) is 0 Å². The van der Waals surface area contributed by atoms with E-state index >= 15 is 0 Å². The van der Waals surface area contributed by atoms with Gasteiger partial charge in [0.2, 0.25) is 0 Å². The molecular formula is C10H14N2O4. The van der Waals surface area contributed by atoms with E-state index < -0.39 is 17.9 Å². The molecule has 0 fully saturated rings. The topological polar surface area (TPSA) is 81.4 Å². The zero-order valence-electron chi connectivity index (χ0n) is 9.66. The van der Waals surface area contributed by atoms with E-state index in [-0.39, 0.29) is 0 Å². The van der Waals surface area contributed by atoms with Crippen molar-refractivity contribution in [3.8, 4) is 0 Å². The van der Waals surface area contributed by atoms with Gasteiger partial charge in [0.25, 0.3) is 5.91 Å². The summed E-state index contributed by atoms with van der Waals surface area (Å²) in [5.74, 6) is -0.471. The molecule has 16 heavy (non-hydrogen) atoms. The molecule has 0 unspecified atom stereocenters. The number of rotatable bonds is 3. The minimum atomic E-state index is -0.703. The van der Waals surface area contributed by atoms with Gasteiger partial charge in [-0.25, -0.2) is 4.79 Å². The number of hydrogen-bond acceptors (Lipinski definition) is 5. The molecule has 1 amide bonds. The summed E-state index contributed by atoms with van der Waals surface area (Å²) >= 11 is 0. The predicted octanol–water partition coefficient (Wildman–Crippen LogP) is 0.583. The van der Waals surface area contributed by atoms with Gasteiger partial charge in [-0.05, 0) is 20.8 Å². The van der Waals surface area contributed by atoms with Gasteiger partial charge in [0.1, 0.15) is 17.4 Å². The number of nitrogens with zero attached hydrogens (tertiary/aromatic N) is 1. The maximum atomic E-state index is 11.8. The number of hydrogen-bond donors (Lipinski definition) is 1. The molecule has 0 saturated heterocycles. The van der Waals surface area contributed by atoms with E-state index in [0.29, 0.717) is 17.0 Å². The third-order valence-corrected chi connectivity index (χ3v) is 2.16. The number of aryl methyl sites for hydroxylation is 2. The molecule has 0 aliphatic heterocycles. The Balaban J connectivity index is 2.77. The zero-order chi connectivity index (χ0) is 12.3. The smallest absolute Gasteiger partial charge is 0.328 e. The molecule has 1 rings (SSSR count). The Morgan fingerprint density at radius 3 is 2.50 bits per heavy atom. The van der Waals surface area contributed by atoms with E-state index in [1.807, 2.05) is 0 Å². The average molecular weight is 226 g/mol. The van der Waals surface area contributed by atoms with Gasteiger partial charge in [-0.1, -0.05) is 5.16 Å². The lowest BCUT2D eigenvalue weighted by Gasteiger charge is -2.10. The molecule has 1 atom stereocenters. The number of carbonyl (C=O) groups excluding carboxylic acids is 2. The number of amides is 1. The van der Waals surface area contributed by atoms with Crippen LogP contribution in [-0.4, -0.2) is 30.2 Å². The van der Waals surface area contributed by atoms with E-state index in [4.69, 9.17) is 4.52 Å². The molecule has 0 bridgehead atoms. The molecule has 0 aromatic carbocycles. The monoisotopic (exact) mass is 226 g/mol. The summed E-state index contributed by atoms with van der Waals surface area (Å²) in [7, 11) is 1.26. The molecule has 88 valence electrons. The van der Waals surface area contributed by atoms with Crippen molar-refractivity contribution >= 4 is 11.9 Å². The van der Waals surface area contributed by atoms with Gasteiger partial charge >= 0.3 is 5.97 Å². The molecule has 6 nitrogen and oxygen atoms in total. The molecule has 0 aliphatic carbocycles. The molecule has 0 spiro atoms. The number of nitrogens with one attached hydrogen (secondary N) is 1. The van der Waals surface area contributed by atoms with Crippen LogP contribution in [0.15, 0.2) is 4.52 Å². The summed E-state index contributed by atoms with van der Waals surface area (Å²) in [6.07, 6.45) is 0. The summed E-state index contributed by atoms with van der Waals surface area (Å²) in [6.45, 7) is 4.84. The highest BCUT2D eigenvalue weighted by molar-refractivity contribution is 5.98. The van der Waals surface area contributed by atoms with Crippen LogP contribution in [0.3, 0.4) is 0 Å². The normalized spacial score (nSPS) is 12.0. The molecular weight excluding hydrogens is 212 g/mol. The first-order valence-electron chi connectivity index (χ1n) is 4.79. The summed E-state index contributed by atoms with van der Waals surface area (Å²) in [5.41, 5.74) is 0.850. The maximum Gasteiger partial charge on any atom is 0.328 e. The average Bonchev–Trinajstić information content (AvgIpc) is 2.57. The lowest BCUT2D eigenvalue weighted by atomic mass is 10.2. The first-order valence-corrected chi connectivity index (χ1v) is 4.79. The summed E-state index contributed by atoms with van der Waals surface area (Å²) in [5, 5.41) is 6.16. The minimum absolute atomic E-state index is 0.357. The fraction of sp³-hybridized carbons (Fsp3) is 0.500. The SMILES string of the molecule is COC(=O)[C@@H](C)NC(=O)c1c(C)noc1C. The highest BCUT2D eigenvalue weighted by Gasteiger charge is 2.22. The Kier molecular flexibility index (Phi) is 3.65. The standard InChI is InChI=1S/C10H14N2O4/c1-5-8(7(3)16-12-5)9(13)11-6(2)10(14)15-4/h6H,1-4H3,(H,11,13)/t6-/m1/s1. The highest BCUT2D eigenvalue weighted by atomic mass is 16.5. The van der Waals surface area contributed by atoms with Crippen molar-refractivity contribution < 1.29 is 18.8 Å². The molecule has 1 aromatic heterocycles. The van der Waals surface area contributed by atoms with Crippen LogP contribution < -0.4 is 5.32 Å². The number of carbonyl (C=O) groups is 2. The van der Waals surface area contributed by atoms with Gasteiger partial charge in [0.15, 0.2) is 0 Å². The molecule has 0 radical (unpaired) electrons. The second-order valence-corrected chi connectivity index (χ2v) is 3.42. The van der Waals surface area contributed by atoms with E-state index in [1.165, 1.54) is 7.11 Å². The van der Waals surface area contributed by atoms with E-state index in [0.717, 1.165) is 0 Å². The van der Waals surface area contributed by atoms with Crippen LogP contribution in [0.5, 0.6) is 0 Å². The quantitative estimate of drug-likeness (QED) is 0.762. The van der Waals surface area contributed by atoms with Crippen molar-refractivity contribution in [2.75, 3.05) is 7.11 Å². The van der Waals surface area contributed by atoms with Gasteiger partial charge < -0.3 is 14.6 Å². The summed E-state index contributed by atoms with van der Waals surface area (Å²) in [4.78, 5) is 22.9. The van der Waals surface area contributed by atoms with Crippen LogP contribution in [0, 0.1) is 13.8 Å². The Hall–Kier alpha value is -1.85. The number of methoxy groups -OCH3 is 1. The molecule has 0 aliphatic rings. The van der Waals surface area contributed by atoms with Crippen LogP contribution in [0.1, 0.15) is 28.7 Å². The second kappa shape index (κ2) is 4.78. The van der Waals surface area contributed by atoms with Crippen molar-refractivity contribution in [2.24, 2.45) is 0 Å². The van der Waals surface area contributed by atoms with Gasteiger partial charge in [0, 0.05) is 0 Å². The third-order valence-electron chi connectivity index (χ3n) is 2.16. The highest BCUT2D eigenvalue weighted by Crippen LogP contribution is 2.11. The van der Waals surface area contributed by atoms with Crippen molar-refractivity contribution in [2.45, 2.75) is 26.8 Å². The molecule has 1 N–H and O–H groups in total. The lowest BCUT2D eigenvalue weighted by molar-refractivity contribution is -0.142. The van der Waals surface area contributed by atoms with Gasteiger partial charge in [0.05, 0.1) is 12.8 Å². The predicted molar refractivity (Wildman–Crippen MR) is 54.9 cm³/mol. The first-order chi connectivity index (χ1) is 7.47. The molecule has 1 aromatic rings. The number of esters is 1. The van der Waals surface area contributed by atoms with Crippen LogP contribution in [0.2, 0.25) is 0 Å². The maximum absolute atomic E-state index is 11.8. The first kappa shape index (κ1) is 12.2. The van der Waals surface area contributed by atoms with Crippen molar-refractivity contribution in [1.82, 2.24) is 10.5 Å². The van der Waals surface area contributed by atoms with E-state index in [9.17, 15) is 9.59 Å². The van der Waals surface area contributed by atoms with E-state index in [1.54, 1.807) is 20.8 Å². The summed E-state index contributed by atoms with van der Waals surface area (Å²) < 4.78 is 9.36. The number of ether oxygens (including phenoxy) is 1. The van der Waals surface area contributed by atoms with Crippen molar-refractivity contribution in [3.05, 3.63) is 17.0 Å². The lowest BCUT2D eigenvalue weighted by Crippen LogP contribution is -2.39. The van der Waals surface area contributed by atoms with Gasteiger partial charge in [-0.2, -0.15) is 0 Å². The zero-order valence-corrected chi connectivity index (χ0v) is 9.66. The van der Waals surface area contributed by atoms with Crippen LogP contribution >= 0.6 is 0 Å². The Morgan fingerprint density at radius 2 is 2.06 bits per heavy atom. The van der Waals surface area contributed by atoms with Gasteiger partial charge in [-0.15, -0.1) is 0 Å². The Labute approximate surface area is 92.9 Å². The van der Waals surface area contributed by atoms with Crippen LogP contribution in [0.25, 0.3) is 0 Å². The van der Waals surface area contributed by atoms with Crippen molar-refractivity contribution in [1.29, 1.82) is 0 Å². The van der Waals surface area contributed by atoms with E-state index in [2.05, 4.69) is 15.2 Å². The molecule has 1 heterocycles. The van der Waals surface area contributed by atoms with Crippen LogP contribution in [-0.2, 0) is 9.53 Å². The fourth-order valence-electron chi connectivity index (χ4n) is 1.31.